The molecule has 10 heteroatoms. The Morgan fingerprint density at radius 3 is 2.61 bits per heavy atom. The lowest BCUT2D eigenvalue weighted by Crippen LogP contribution is -2.50. The second-order valence-corrected chi connectivity index (χ2v) is 6.52. The van der Waals surface area contributed by atoms with Gasteiger partial charge in [0, 0.05) is 33.2 Å². The second kappa shape index (κ2) is 7.29. The van der Waals surface area contributed by atoms with Crippen molar-refractivity contribution in [2.75, 3.05) is 43.4 Å². The number of halogens is 1. The number of nitrogens with two attached hydrogens (primary N) is 1. The van der Waals surface area contributed by atoms with Crippen LogP contribution in [0.15, 0.2) is 30.5 Å². The maximum atomic E-state index is 12.9. The van der Waals surface area contributed by atoms with E-state index in [4.69, 9.17) is 10.5 Å². The van der Waals surface area contributed by atoms with Gasteiger partial charge in [-0.25, -0.2) is 4.39 Å². The fourth-order valence-corrected chi connectivity index (χ4v) is 3.10. The molecule has 0 radical (unpaired) electrons. The average molecular weight is 385 g/mol. The quantitative estimate of drug-likeness (QED) is 0.709. The lowest BCUT2D eigenvalue weighted by atomic mass is 10.3. The van der Waals surface area contributed by atoms with Crippen molar-refractivity contribution >= 4 is 28.7 Å². The van der Waals surface area contributed by atoms with E-state index in [1.54, 1.807) is 22.8 Å². The molecule has 0 saturated carbocycles. The lowest BCUT2D eigenvalue weighted by Gasteiger charge is -2.34. The molecule has 1 amide bonds. The SMILES string of the molecule is Cn1ncc2c(N)nc(N3CCN(C(=O)COc4ccc(F)cc4)CC3)nc21. The summed E-state index contributed by atoms with van der Waals surface area (Å²) in [6.07, 6.45) is 1.65. The molecule has 146 valence electrons. The molecule has 0 unspecified atom stereocenters. The van der Waals surface area contributed by atoms with Gasteiger partial charge in [-0.15, -0.1) is 0 Å². The molecule has 28 heavy (non-hydrogen) atoms. The Kier molecular flexibility index (Phi) is 4.68. The van der Waals surface area contributed by atoms with Crippen LogP contribution in [-0.4, -0.2) is 63.3 Å². The minimum atomic E-state index is -0.345. The normalized spacial score (nSPS) is 14.5. The highest BCUT2D eigenvalue weighted by Gasteiger charge is 2.24. The molecule has 2 aromatic heterocycles. The van der Waals surface area contributed by atoms with Crippen LogP contribution in [0, 0.1) is 5.82 Å². The van der Waals surface area contributed by atoms with Crippen LogP contribution >= 0.6 is 0 Å². The molecule has 1 aromatic carbocycles. The number of aryl methyl sites for hydroxylation is 1. The van der Waals surface area contributed by atoms with Crippen LogP contribution in [-0.2, 0) is 11.8 Å². The van der Waals surface area contributed by atoms with Crippen molar-refractivity contribution in [1.29, 1.82) is 0 Å². The van der Waals surface area contributed by atoms with Gasteiger partial charge >= 0.3 is 0 Å². The van der Waals surface area contributed by atoms with Gasteiger partial charge < -0.3 is 20.3 Å². The van der Waals surface area contributed by atoms with Crippen molar-refractivity contribution in [3.8, 4) is 5.75 Å². The van der Waals surface area contributed by atoms with Crippen molar-refractivity contribution in [1.82, 2.24) is 24.6 Å². The second-order valence-electron chi connectivity index (χ2n) is 6.52. The van der Waals surface area contributed by atoms with Crippen molar-refractivity contribution < 1.29 is 13.9 Å². The Morgan fingerprint density at radius 2 is 1.89 bits per heavy atom. The predicted molar refractivity (Wildman–Crippen MR) is 101 cm³/mol. The lowest BCUT2D eigenvalue weighted by molar-refractivity contribution is -0.133. The van der Waals surface area contributed by atoms with Crippen LogP contribution in [0.1, 0.15) is 0 Å². The number of carbonyl (C=O) groups excluding carboxylic acids is 1. The minimum absolute atomic E-state index is 0.0872. The first-order valence-corrected chi connectivity index (χ1v) is 8.87. The van der Waals surface area contributed by atoms with Gasteiger partial charge in [-0.05, 0) is 24.3 Å². The van der Waals surface area contributed by atoms with E-state index in [1.807, 2.05) is 4.90 Å². The summed E-state index contributed by atoms with van der Waals surface area (Å²) in [5, 5.41) is 4.88. The Balaban J connectivity index is 1.36. The number of hydrogen-bond donors (Lipinski definition) is 1. The summed E-state index contributed by atoms with van der Waals surface area (Å²) in [6, 6.07) is 5.58. The summed E-state index contributed by atoms with van der Waals surface area (Å²) >= 11 is 0. The molecule has 0 aliphatic carbocycles. The first-order chi connectivity index (χ1) is 13.5. The van der Waals surface area contributed by atoms with E-state index in [2.05, 4.69) is 15.1 Å². The summed E-state index contributed by atoms with van der Waals surface area (Å²) in [6.45, 7) is 2.14. The standard InChI is InChI=1S/C18H20FN7O2/c1-24-17-14(10-21-24)16(20)22-18(23-17)26-8-6-25(7-9-26)15(27)11-28-13-4-2-12(19)3-5-13/h2-5,10H,6-9,11H2,1H3,(H2,20,22,23). The average Bonchev–Trinajstić information content (AvgIpc) is 3.09. The number of rotatable bonds is 4. The fraction of sp³-hybridized carbons (Fsp3) is 0.333. The number of hydrogen-bond acceptors (Lipinski definition) is 7. The molecule has 0 bridgehead atoms. The maximum Gasteiger partial charge on any atom is 0.260 e. The van der Waals surface area contributed by atoms with Crippen LogP contribution in [0.25, 0.3) is 11.0 Å². The van der Waals surface area contributed by atoms with E-state index in [0.29, 0.717) is 49.3 Å². The van der Waals surface area contributed by atoms with Crippen molar-refractivity contribution in [3.05, 3.63) is 36.3 Å². The van der Waals surface area contributed by atoms with Crippen LogP contribution in [0.5, 0.6) is 5.75 Å². The number of nitrogen functional groups attached to an aromatic ring is 1. The van der Waals surface area contributed by atoms with Crippen molar-refractivity contribution in [2.24, 2.45) is 7.05 Å². The van der Waals surface area contributed by atoms with E-state index in [0.717, 1.165) is 5.39 Å². The largest absolute Gasteiger partial charge is 0.484 e. The Labute approximate surface area is 160 Å². The van der Waals surface area contributed by atoms with Gasteiger partial charge in [0.05, 0.1) is 11.6 Å². The molecule has 0 atom stereocenters. The summed E-state index contributed by atoms with van der Waals surface area (Å²) in [5.41, 5.74) is 6.70. The molecule has 0 spiro atoms. The molecule has 1 saturated heterocycles. The molecule has 1 aliphatic heterocycles. The van der Waals surface area contributed by atoms with E-state index in [9.17, 15) is 9.18 Å². The van der Waals surface area contributed by atoms with Crippen LogP contribution < -0.4 is 15.4 Å². The number of ether oxygens (including phenoxy) is 1. The third kappa shape index (κ3) is 3.53. The molecule has 2 N–H and O–H groups in total. The molecule has 3 heterocycles. The zero-order chi connectivity index (χ0) is 19.7. The molecule has 4 rings (SSSR count). The molecule has 3 aromatic rings. The fourth-order valence-electron chi connectivity index (χ4n) is 3.10. The monoisotopic (exact) mass is 385 g/mol. The van der Waals surface area contributed by atoms with Gasteiger partial charge in [0.2, 0.25) is 5.95 Å². The zero-order valence-electron chi connectivity index (χ0n) is 15.4. The van der Waals surface area contributed by atoms with E-state index < -0.39 is 0 Å². The first kappa shape index (κ1) is 18.0. The summed E-state index contributed by atoms with van der Waals surface area (Å²) < 4.78 is 20.0. The number of benzene rings is 1. The van der Waals surface area contributed by atoms with Gasteiger partial charge in [-0.3, -0.25) is 9.48 Å². The number of anilines is 2. The summed E-state index contributed by atoms with van der Waals surface area (Å²) in [4.78, 5) is 25.0. The van der Waals surface area contributed by atoms with Crippen molar-refractivity contribution in [3.63, 3.8) is 0 Å². The first-order valence-electron chi connectivity index (χ1n) is 8.87. The van der Waals surface area contributed by atoms with Crippen molar-refractivity contribution in [2.45, 2.75) is 0 Å². The number of carbonyl (C=O) groups is 1. The molecule has 1 aliphatic rings. The van der Waals surface area contributed by atoms with Gasteiger partial charge in [0.25, 0.3) is 5.91 Å². The topological polar surface area (TPSA) is 102 Å². The maximum absolute atomic E-state index is 12.9. The minimum Gasteiger partial charge on any atom is -0.484 e. The Morgan fingerprint density at radius 1 is 1.18 bits per heavy atom. The number of nitrogens with zero attached hydrogens (tertiary/aromatic N) is 6. The summed E-state index contributed by atoms with van der Waals surface area (Å²) in [7, 11) is 1.80. The third-order valence-corrected chi connectivity index (χ3v) is 4.70. The highest BCUT2D eigenvalue weighted by atomic mass is 19.1. The van der Waals surface area contributed by atoms with Gasteiger partial charge in [0.15, 0.2) is 12.3 Å². The zero-order valence-corrected chi connectivity index (χ0v) is 15.4. The smallest absolute Gasteiger partial charge is 0.260 e. The van der Waals surface area contributed by atoms with Gasteiger partial charge in [-0.2, -0.15) is 15.1 Å². The molecular weight excluding hydrogens is 365 g/mol. The van der Waals surface area contributed by atoms with Gasteiger partial charge in [-0.1, -0.05) is 0 Å². The van der Waals surface area contributed by atoms with Crippen LogP contribution in [0.4, 0.5) is 16.2 Å². The predicted octanol–water partition coefficient (Wildman–Crippen LogP) is 0.812. The summed E-state index contributed by atoms with van der Waals surface area (Å²) in [5.74, 6) is 0.915. The van der Waals surface area contributed by atoms with E-state index in [-0.39, 0.29) is 18.3 Å². The third-order valence-electron chi connectivity index (χ3n) is 4.70. The molecule has 1 fully saturated rings. The number of aromatic nitrogens is 4. The van der Waals surface area contributed by atoms with E-state index >= 15 is 0 Å². The molecular formula is C18H20FN7O2. The number of piperazine rings is 1. The van der Waals surface area contributed by atoms with Gasteiger partial charge in [0.1, 0.15) is 17.4 Å². The number of amides is 1. The highest BCUT2D eigenvalue weighted by molar-refractivity contribution is 5.86. The van der Waals surface area contributed by atoms with E-state index in [1.165, 1.54) is 24.3 Å². The highest BCUT2D eigenvalue weighted by Crippen LogP contribution is 2.21. The Hall–Kier alpha value is -3.43. The van der Waals surface area contributed by atoms with Crippen LogP contribution in [0.2, 0.25) is 0 Å². The number of fused-ring (bicyclic) bond motifs is 1. The van der Waals surface area contributed by atoms with Crippen LogP contribution in [0.3, 0.4) is 0 Å². The molecule has 9 nitrogen and oxygen atoms in total. The Bertz CT molecular complexity index is 997.